The summed E-state index contributed by atoms with van der Waals surface area (Å²) >= 11 is 6.55. The summed E-state index contributed by atoms with van der Waals surface area (Å²) in [7, 11) is 1.72. The van der Waals surface area contributed by atoms with E-state index in [1.807, 2.05) is 0 Å². The van der Waals surface area contributed by atoms with E-state index >= 15 is 0 Å². The molecule has 1 N–H and O–H groups in total. The first-order valence-electron chi connectivity index (χ1n) is 4.93. The van der Waals surface area contributed by atoms with Crippen LogP contribution in [0.15, 0.2) is 33.5 Å². The van der Waals surface area contributed by atoms with E-state index in [4.69, 9.17) is 4.74 Å². The highest BCUT2D eigenvalue weighted by atomic mass is 79.9. The molecule has 0 fully saturated rings. The lowest BCUT2D eigenvalue weighted by molar-refractivity contribution is 0.424. The van der Waals surface area contributed by atoms with Gasteiger partial charge in [0.15, 0.2) is 11.6 Å². The zero-order valence-electron chi connectivity index (χ0n) is 9.25. The molecule has 0 saturated heterocycles. The molecule has 2 aromatic rings. The van der Waals surface area contributed by atoms with E-state index in [0.29, 0.717) is 10.3 Å². The van der Waals surface area contributed by atoms with Gasteiger partial charge in [0.25, 0.3) is 0 Å². The summed E-state index contributed by atoms with van der Waals surface area (Å²) in [6, 6.07) is 4.44. The molecule has 0 amide bonds. The Balaban J connectivity index is 2.37. The summed E-state index contributed by atoms with van der Waals surface area (Å²) in [5.74, 6) is 0.433. The van der Waals surface area contributed by atoms with E-state index in [-0.39, 0.29) is 11.6 Å². The van der Waals surface area contributed by atoms with E-state index in [2.05, 4.69) is 47.1 Å². The normalized spacial score (nSPS) is 10.2. The number of rotatable bonds is 3. The van der Waals surface area contributed by atoms with Gasteiger partial charge in [0.1, 0.15) is 16.6 Å². The van der Waals surface area contributed by atoms with Crippen molar-refractivity contribution in [3.05, 3.63) is 39.3 Å². The second kappa shape index (κ2) is 5.62. The van der Waals surface area contributed by atoms with Crippen molar-refractivity contribution < 1.29 is 9.13 Å². The van der Waals surface area contributed by atoms with Crippen molar-refractivity contribution in [3.8, 4) is 11.6 Å². The van der Waals surface area contributed by atoms with Crippen molar-refractivity contribution in [1.29, 1.82) is 0 Å². The van der Waals surface area contributed by atoms with Crippen LogP contribution in [0.2, 0.25) is 0 Å². The zero-order chi connectivity index (χ0) is 13.1. The Bertz CT molecular complexity index is 580. The average molecular weight is 377 g/mol. The lowest BCUT2D eigenvalue weighted by Crippen LogP contribution is -1.98. The van der Waals surface area contributed by atoms with Gasteiger partial charge in [0.05, 0.1) is 0 Å². The van der Waals surface area contributed by atoms with Crippen LogP contribution in [0, 0.1) is 5.82 Å². The lowest BCUT2D eigenvalue weighted by atomic mass is 10.3. The van der Waals surface area contributed by atoms with Crippen LogP contribution in [0.3, 0.4) is 0 Å². The molecular weight excluding hydrogens is 369 g/mol. The highest BCUT2D eigenvalue weighted by Gasteiger charge is 2.12. The van der Waals surface area contributed by atoms with Gasteiger partial charge < -0.3 is 10.1 Å². The van der Waals surface area contributed by atoms with Crippen LogP contribution < -0.4 is 10.1 Å². The Morgan fingerprint density at radius 1 is 1.28 bits per heavy atom. The van der Waals surface area contributed by atoms with Gasteiger partial charge in [-0.05, 0) is 34.1 Å². The third kappa shape index (κ3) is 2.78. The molecule has 7 heteroatoms. The fourth-order valence-electron chi connectivity index (χ4n) is 1.26. The largest absolute Gasteiger partial charge is 0.435 e. The third-order valence-corrected chi connectivity index (χ3v) is 3.30. The number of benzene rings is 1. The maximum absolute atomic E-state index is 13.5. The molecule has 4 nitrogen and oxygen atoms in total. The minimum absolute atomic E-state index is 0.0887. The molecule has 2 rings (SSSR count). The van der Waals surface area contributed by atoms with E-state index in [9.17, 15) is 4.39 Å². The predicted octanol–water partition coefficient (Wildman–Crippen LogP) is 3.97. The quantitative estimate of drug-likeness (QED) is 0.880. The van der Waals surface area contributed by atoms with Gasteiger partial charge in [0, 0.05) is 11.5 Å². The Hall–Kier alpha value is -1.21. The van der Waals surface area contributed by atoms with E-state index in [1.165, 1.54) is 18.5 Å². The topological polar surface area (TPSA) is 47.0 Å². The first-order valence-corrected chi connectivity index (χ1v) is 6.51. The highest BCUT2D eigenvalue weighted by Crippen LogP contribution is 2.33. The van der Waals surface area contributed by atoms with Crippen molar-refractivity contribution in [1.82, 2.24) is 9.97 Å². The van der Waals surface area contributed by atoms with Gasteiger partial charge in [-0.15, -0.1) is 0 Å². The van der Waals surface area contributed by atoms with E-state index in [1.54, 1.807) is 13.1 Å². The molecule has 0 unspecified atom stereocenters. The minimum atomic E-state index is -0.463. The molecule has 94 valence electrons. The lowest BCUT2D eigenvalue weighted by Gasteiger charge is -2.09. The molecule has 0 saturated carbocycles. The predicted molar refractivity (Wildman–Crippen MR) is 73.5 cm³/mol. The van der Waals surface area contributed by atoms with Crippen LogP contribution in [0.1, 0.15) is 0 Å². The van der Waals surface area contributed by atoms with Gasteiger partial charge in [0.2, 0.25) is 5.88 Å². The number of nitrogens with one attached hydrogen (secondary N) is 1. The summed E-state index contributed by atoms with van der Waals surface area (Å²) in [6.45, 7) is 0. The first-order chi connectivity index (χ1) is 8.61. The van der Waals surface area contributed by atoms with Crippen LogP contribution in [-0.4, -0.2) is 17.0 Å². The van der Waals surface area contributed by atoms with Crippen molar-refractivity contribution in [3.63, 3.8) is 0 Å². The standard InChI is InChI=1S/C11H8Br2FN3O/c1-15-10-9(13)11(17-5-16-10)18-8-4-6(12)2-3-7(8)14/h2-5H,1H3,(H,15,16,17). The Morgan fingerprint density at radius 2 is 2.06 bits per heavy atom. The summed E-state index contributed by atoms with van der Waals surface area (Å²) in [4.78, 5) is 7.94. The molecule has 0 radical (unpaired) electrons. The van der Waals surface area contributed by atoms with Crippen LogP contribution in [0.25, 0.3) is 0 Å². The second-order valence-electron chi connectivity index (χ2n) is 3.27. The highest BCUT2D eigenvalue weighted by molar-refractivity contribution is 9.11. The van der Waals surface area contributed by atoms with Crippen LogP contribution in [0.4, 0.5) is 10.2 Å². The zero-order valence-corrected chi connectivity index (χ0v) is 12.4. The van der Waals surface area contributed by atoms with Gasteiger partial charge in [-0.2, -0.15) is 0 Å². The monoisotopic (exact) mass is 375 g/mol. The van der Waals surface area contributed by atoms with E-state index in [0.717, 1.165) is 4.47 Å². The van der Waals surface area contributed by atoms with Crippen molar-refractivity contribution in [2.45, 2.75) is 0 Å². The molecule has 1 aromatic heterocycles. The van der Waals surface area contributed by atoms with E-state index < -0.39 is 5.82 Å². The maximum Gasteiger partial charge on any atom is 0.239 e. The van der Waals surface area contributed by atoms with Crippen LogP contribution >= 0.6 is 31.9 Å². The SMILES string of the molecule is CNc1ncnc(Oc2cc(Br)ccc2F)c1Br. The summed E-state index contributed by atoms with van der Waals surface area (Å²) < 4.78 is 20.2. The summed E-state index contributed by atoms with van der Waals surface area (Å²) in [5, 5.41) is 2.87. The third-order valence-electron chi connectivity index (χ3n) is 2.09. The number of hydrogen-bond acceptors (Lipinski definition) is 4. The number of ether oxygens (including phenoxy) is 1. The summed E-state index contributed by atoms with van der Waals surface area (Å²) in [5.41, 5.74) is 0. The minimum Gasteiger partial charge on any atom is -0.435 e. The molecular formula is C11H8Br2FN3O. The Kier molecular flexibility index (Phi) is 4.13. The molecule has 0 spiro atoms. The Labute approximate surface area is 120 Å². The number of anilines is 1. The number of halogens is 3. The van der Waals surface area contributed by atoms with Crippen LogP contribution in [-0.2, 0) is 0 Å². The molecule has 18 heavy (non-hydrogen) atoms. The number of aromatic nitrogens is 2. The fraction of sp³-hybridized carbons (Fsp3) is 0.0909. The van der Waals surface area contributed by atoms with Gasteiger partial charge in [-0.1, -0.05) is 15.9 Å². The average Bonchev–Trinajstić information content (AvgIpc) is 2.36. The van der Waals surface area contributed by atoms with Crippen LogP contribution in [0.5, 0.6) is 11.6 Å². The Morgan fingerprint density at radius 3 is 2.78 bits per heavy atom. The molecule has 0 aliphatic rings. The molecule has 0 aliphatic heterocycles. The second-order valence-corrected chi connectivity index (χ2v) is 4.98. The van der Waals surface area contributed by atoms with Gasteiger partial charge in [-0.25, -0.2) is 14.4 Å². The van der Waals surface area contributed by atoms with Gasteiger partial charge >= 0.3 is 0 Å². The molecule has 1 aromatic carbocycles. The fourth-order valence-corrected chi connectivity index (χ4v) is 2.08. The van der Waals surface area contributed by atoms with Gasteiger partial charge in [-0.3, -0.25) is 0 Å². The smallest absolute Gasteiger partial charge is 0.239 e. The molecule has 0 bridgehead atoms. The molecule has 0 atom stereocenters. The molecule has 0 aliphatic carbocycles. The maximum atomic E-state index is 13.5. The first kappa shape index (κ1) is 13.2. The van der Waals surface area contributed by atoms with Crippen molar-refractivity contribution in [2.75, 3.05) is 12.4 Å². The number of nitrogens with zero attached hydrogens (tertiary/aromatic N) is 2. The molecule has 1 heterocycles. The summed E-state index contributed by atoms with van der Waals surface area (Å²) in [6.07, 6.45) is 1.34. The number of hydrogen-bond donors (Lipinski definition) is 1. The van der Waals surface area contributed by atoms with Crippen molar-refractivity contribution in [2.24, 2.45) is 0 Å². The van der Waals surface area contributed by atoms with Crippen molar-refractivity contribution >= 4 is 37.7 Å².